The molecule has 0 aromatic heterocycles. The molecular weight excluding hydrogens is 170 g/mol. The van der Waals surface area contributed by atoms with Gasteiger partial charge in [-0.25, -0.2) is 0 Å². The number of thioether (sulfide) groups is 1. The second kappa shape index (κ2) is 5.84. The molecule has 2 N–H and O–H groups in total. The predicted molar refractivity (Wildman–Crippen MR) is 54.6 cm³/mol. The minimum absolute atomic E-state index is 0.332. The Morgan fingerprint density at radius 2 is 2.33 bits per heavy atom. The first-order valence-electron chi connectivity index (χ1n) is 4.76. The SMILES string of the molecule is CC(CCO)SCCC1CNC1. The summed E-state index contributed by atoms with van der Waals surface area (Å²) in [6.07, 6.45) is 2.28. The van der Waals surface area contributed by atoms with Gasteiger partial charge in [0.25, 0.3) is 0 Å². The number of hydrogen-bond acceptors (Lipinski definition) is 3. The quantitative estimate of drug-likeness (QED) is 0.656. The normalized spacial score (nSPS) is 20.5. The van der Waals surface area contributed by atoms with E-state index in [2.05, 4.69) is 12.2 Å². The molecule has 3 heteroatoms. The maximum atomic E-state index is 8.68. The maximum Gasteiger partial charge on any atom is 0.0441 e. The molecule has 12 heavy (non-hydrogen) atoms. The van der Waals surface area contributed by atoms with Gasteiger partial charge in [0, 0.05) is 11.9 Å². The lowest BCUT2D eigenvalue weighted by Crippen LogP contribution is -2.42. The molecule has 72 valence electrons. The number of aliphatic hydroxyl groups excluding tert-OH is 1. The van der Waals surface area contributed by atoms with Gasteiger partial charge in [0.15, 0.2) is 0 Å². The Morgan fingerprint density at radius 1 is 1.58 bits per heavy atom. The van der Waals surface area contributed by atoms with Crippen LogP contribution in [0.5, 0.6) is 0 Å². The molecule has 0 aromatic rings. The van der Waals surface area contributed by atoms with Crippen LogP contribution in [0, 0.1) is 5.92 Å². The van der Waals surface area contributed by atoms with E-state index in [1.807, 2.05) is 11.8 Å². The number of nitrogens with one attached hydrogen (secondary N) is 1. The second-order valence-corrected chi connectivity index (χ2v) is 5.05. The van der Waals surface area contributed by atoms with Gasteiger partial charge in [-0.2, -0.15) is 11.8 Å². The van der Waals surface area contributed by atoms with E-state index in [0.29, 0.717) is 11.9 Å². The second-order valence-electron chi connectivity index (χ2n) is 3.51. The van der Waals surface area contributed by atoms with Crippen molar-refractivity contribution < 1.29 is 5.11 Å². The Kier molecular flexibility index (Phi) is 5.04. The molecule has 0 spiro atoms. The highest BCUT2D eigenvalue weighted by molar-refractivity contribution is 7.99. The van der Waals surface area contributed by atoms with Gasteiger partial charge in [-0.15, -0.1) is 0 Å². The van der Waals surface area contributed by atoms with Crippen LogP contribution in [-0.2, 0) is 0 Å². The summed E-state index contributed by atoms with van der Waals surface area (Å²) in [4.78, 5) is 0. The van der Waals surface area contributed by atoms with Gasteiger partial charge in [0.2, 0.25) is 0 Å². The van der Waals surface area contributed by atoms with E-state index >= 15 is 0 Å². The fourth-order valence-corrected chi connectivity index (χ4v) is 2.40. The highest BCUT2D eigenvalue weighted by Crippen LogP contribution is 2.18. The van der Waals surface area contributed by atoms with Crippen LogP contribution in [0.2, 0.25) is 0 Å². The van der Waals surface area contributed by atoms with Crippen molar-refractivity contribution in [2.75, 3.05) is 25.4 Å². The molecule has 0 saturated carbocycles. The minimum Gasteiger partial charge on any atom is -0.396 e. The molecule has 1 rings (SSSR count). The molecule has 1 heterocycles. The lowest BCUT2D eigenvalue weighted by Gasteiger charge is -2.27. The molecule has 2 nitrogen and oxygen atoms in total. The van der Waals surface area contributed by atoms with E-state index in [1.54, 1.807) is 0 Å². The van der Waals surface area contributed by atoms with Crippen molar-refractivity contribution in [3.05, 3.63) is 0 Å². The van der Waals surface area contributed by atoms with Gasteiger partial charge >= 0.3 is 0 Å². The predicted octanol–water partition coefficient (Wildman–Crippen LogP) is 1.10. The first kappa shape index (κ1) is 10.4. The van der Waals surface area contributed by atoms with Crippen LogP contribution in [0.1, 0.15) is 19.8 Å². The molecule has 1 saturated heterocycles. The van der Waals surface area contributed by atoms with Crippen molar-refractivity contribution in [2.45, 2.75) is 25.0 Å². The largest absolute Gasteiger partial charge is 0.396 e. The van der Waals surface area contributed by atoms with E-state index in [9.17, 15) is 0 Å². The third kappa shape index (κ3) is 3.78. The third-order valence-corrected chi connectivity index (χ3v) is 3.61. The maximum absolute atomic E-state index is 8.68. The molecule has 1 aliphatic heterocycles. The summed E-state index contributed by atoms with van der Waals surface area (Å²) in [6.45, 7) is 4.96. The van der Waals surface area contributed by atoms with Crippen molar-refractivity contribution in [1.29, 1.82) is 0 Å². The highest BCUT2D eigenvalue weighted by atomic mass is 32.2. The van der Waals surface area contributed by atoms with E-state index in [0.717, 1.165) is 12.3 Å². The summed E-state index contributed by atoms with van der Waals surface area (Å²) in [5.74, 6) is 2.19. The minimum atomic E-state index is 0.332. The molecular formula is C9H19NOS. The van der Waals surface area contributed by atoms with Crippen LogP contribution in [0.25, 0.3) is 0 Å². The summed E-state index contributed by atoms with van der Waals surface area (Å²) < 4.78 is 0. The molecule has 1 aliphatic rings. The monoisotopic (exact) mass is 189 g/mol. The average Bonchev–Trinajstić information content (AvgIpc) is 1.95. The standard InChI is InChI=1S/C9H19NOS/c1-8(2-4-11)12-5-3-9-6-10-7-9/h8-11H,2-7H2,1H3. The van der Waals surface area contributed by atoms with Gasteiger partial charge in [-0.05, 0) is 37.6 Å². The van der Waals surface area contributed by atoms with Crippen LogP contribution in [-0.4, -0.2) is 35.8 Å². The molecule has 0 aliphatic carbocycles. The Bertz CT molecular complexity index is 117. The van der Waals surface area contributed by atoms with Gasteiger partial charge in [0.1, 0.15) is 0 Å². The first-order chi connectivity index (χ1) is 5.83. The zero-order chi connectivity index (χ0) is 8.81. The van der Waals surface area contributed by atoms with Crippen molar-refractivity contribution >= 4 is 11.8 Å². The highest BCUT2D eigenvalue weighted by Gasteiger charge is 2.16. The Morgan fingerprint density at radius 3 is 2.83 bits per heavy atom. The van der Waals surface area contributed by atoms with Gasteiger partial charge in [-0.3, -0.25) is 0 Å². The molecule has 0 radical (unpaired) electrons. The van der Waals surface area contributed by atoms with E-state index in [4.69, 9.17) is 5.11 Å². The van der Waals surface area contributed by atoms with Crippen LogP contribution >= 0.6 is 11.8 Å². The molecule has 1 atom stereocenters. The molecule has 0 aromatic carbocycles. The summed E-state index contributed by atoms with van der Waals surface area (Å²) in [6, 6.07) is 0. The molecule has 1 unspecified atom stereocenters. The summed E-state index contributed by atoms with van der Waals surface area (Å²) >= 11 is 1.99. The smallest absolute Gasteiger partial charge is 0.0441 e. The van der Waals surface area contributed by atoms with Crippen molar-refractivity contribution in [3.63, 3.8) is 0 Å². The number of rotatable bonds is 6. The fraction of sp³-hybridized carbons (Fsp3) is 1.00. The first-order valence-corrected chi connectivity index (χ1v) is 5.81. The summed E-state index contributed by atoms with van der Waals surface area (Å²) in [5.41, 5.74) is 0. The lowest BCUT2D eigenvalue weighted by atomic mass is 10.0. The topological polar surface area (TPSA) is 32.3 Å². The average molecular weight is 189 g/mol. The number of hydrogen-bond donors (Lipinski definition) is 2. The Hall–Kier alpha value is 0.270. The van der Waals surface area contributed by atoms with Crippen LogP contribution < -0.4 is 5.32 Å². The van der Waals surface area contributed by atoms with E-state index in [-0.39, 0.29) is 0 Å². The Balaban J connectivity index is 1.86. The van der Waals surface area contributed by atoms with Crippen molar-refractivity contribution in [1.82, 2.24) is 5.32 Å². The van der Waals surface area contributed by atoms with Crippen molar-refractivity contribution in [2.24, 2.45) is 5.92 Å². The van der Waals surface area contributed by atoms with E-state index in [1.165, 1.54) is 25.3 Å². The van der Waals surface area contributed by atoms with Crippen LogP contribution in [0.4, 0.5) is 0 Å². The zero-order valence-electron chi connectivity index (χ0n) is 7.75. The fourth-order valence-electron chi connectivity index (χ4n) is 1.25. The van der Waals surface area contributed by atoms with Gasteiger partial charge in [-0.1, -0.05) is 6.92 Å². The number of aliphatic hydroxyl groups is 1. The van der Waals surface area contributed by atoms with Crippen molar-refractivity contribution in [3.8, 4) is 0 Å². The van der Waals surface area contributed by atoms with Crippen LogP contribution in [0.15, 0.2) is 0 Å². The van der Waals surface area contributed by atoms with Crippen LogP contribution in [0.3, 0.4) is 0 Å². The molecule has 0 bridgehead atoms. The molecule has 1 fully saturated rings. The zero-order valence-corrected chi connectivity index (χ0v) is 8.57. The Labute approximate surface area is 79.1 Å². The lowest BCUT2D eigenvalue weighted by molar-refractivity contribution is 0.288. The van der Waals surface area contributed by atoms with E-state index < -0.39 is 0 Å². The third-order valence-electron chi connectivity index (χ3n) is 2.33. The summed E-state index contributed by atoms with van der Waals surface area (Å²) in [5, 5.41) is 12.6. The molecule has 0 amide bonds. The summed E-state index contributed by atoms with van der Waals surface area (Å²) in [7, 11) is 0. The van der Waals surface area contributed by atoms with Gasteiger partial charge in [0.05, 0.1) is 0 Å². The van der Waals surface area contributed by atoms with Gasteiger partial charge < -0.3 is 10.4 Å².